The summed E-state index contributed by atoms with van der Waals surface area (Å²) >= 11 is 0. The van der Waals surface area contributed by atoms with E-state index in [1.54, 1.807) is 23.0 Å². The first-order chi connectivity index (χ1) is 18.7. The summed E-state index contributed by atoms with van der Waals surface area (Å²) in [4.78, 5) is 28.3. The summed E-state index contributed by atoms with van der Waals surface area (Å²) < 4.78 is 40.9. The zero-order chi connectivity index (χ0) is 27.6. The van der Waals surface area contributed by atoms with Crippen LogP contribution in [0.25, 0.3) is 23.4 Å². The predicted octanol–water partition coefficient (Wildman–Crippen LogP) is 5.54. The second-order valence-electron chi connectivity index (χ2n) is 9.69. The molecular formula is C28H28F3N7O. The second-order valence-corrected chi connectivity index (χ2v) is 9.69. The largest absolute Gasteiger partial charge is 0.416 e. The molecule has 0 aliphatic carbocycles. The van der Waals surface area contributed by atoms with Crippen molar-refractivity contribution in [1.82, 2.24) is 24.4 Å². The number of rotatable bonds is 6. The number of aromatic nitrogens is 4. The van der Waals surface area contributed by atoms with Gasteiger partial charge in [-0.25, -0.2) is 15.0 Å². The number of nitrogens with one attached hydrogen (secondary N) is 2. The van der Waals surface area contributed by atoms with E-state index in [0.29, 0.717) is 28.7 Å². The smallest absolute Gasteiger partial charge is 0.365 e. The molecule has 0 atom stereocenters. The van der Waals surface area contributed by atoms with Crippen molar-refractivity contribution in [2.45, 2.75) is 32.0 Å². The Kier molecular flexibility index (Phi) is 7.34. The molecule has 0 saturated carbocycles. The Morgan fingerprint density at radius 2 is 1.87 bits per heavy atom. The maximum absolute atomic E-state index is 13.0. The number of amides is 1. The molecule has 3 heterocycles. The van der Waals surface area contributed by atoms with Crippen molar-refractivity contribution in [3.63, 3.8) is 0 Å². The van der Waals surface area contributed by atoms with Crippen molar-refractivity contribution in [1.29, 1.82) is 0 Å². The van der Waals surface area contributed by atoms with Crippen molar-refractivity contribution in [2.75, 3.05) is 30.8 Å². The maximum Gasteiger partial charge on any atom is 0.416 e. The molecule has 2 N–H and O–H groups in total. The van der Waals surface area contributed by atoms with E-state index in [4.69, 9.17) is 0 Å². The van der Waals surface area contributed by atoms with Gasteiger partial charge in [-0.15, -0.1) is 0 Å². The molecule has 4 aromatic rings. The number of anilines is 2. The Balaban J connectivity index is 1.33. The predicted molar refractivity (Wildman–Crippen MR) is 145 cm³/mol. The van der Waals surface area contributed by atoms with Gasteiger partial charge in [0.1, 0.15) is 12.7 Å². The number of carbonyl (C=O) groups excluding carboxylic acids is 1. The van der Waals surface area contributed by atoms with Crippen LogP contribution in [0.2, 0.25) is 0 Å². The normalized spacial score (nSPS) is 15.2. The lowest BCUT2D eigenvalue weighted by molar-refractivity contribution is -0.137. The molecule has 8 nitrogen and oxygen atoms in total. The molecule has 2 aromatic carbocycles. The number of hydrogen-bond acceptors (Lipinski definition) is 6. The fourth-order valence-electron chi connectivity index (χ4n) is 4.51. The fourth-order valence-corrected chi connectivity index (χ4v) is 4.51. The lowest BCUT2D eigenvalue weighted by Crippen LogP contribution is -2.36. The number of carbonyl (C=O) groups is 1. The van der Waals surface area contributed by atoms with Gasteiger partial charge in [-0.05, 0) is 87.4 Å². The molecule has 5 rings (SSSR count). The van der Waals surface area contributed by atoms with Gasteiger partial charge in [0, 0.05) is 23.5 Å². The van der Waals surface area contributed by atoms with Crippen molar-refractivity contribution >= 4 is 40.9 Å². The average Bonchev–Trinajstić information content (AvgIpc) is 3.34. The van der Waals surface area contributed by atoms with E-state index in [-0.39, 0.29) is 5.56 Å². The van der Waals surface area contributed by atoms with Crippen LogP contribution in [0.5, 0.6) is 0 Å². The molecule has 1 aliphatic rings. The zero-order valence-electron chi connectivity index (χ0n) is 21.5. The van der Waals surface area contributed by atoms with Crippen LogP contribution in [0.15, 0.2) is 55.1 Å². The van der Waals surface area contributed by atoms with E-state index in [2.05, 4.69) is 37.5 Å². The number of imidazole rings is 1. The number of aryl methyl sites for hydroxylation is 1. The lowest BCUT2D eigenvalue weighted by Gasteiger charge is -2.29. The highest BCUT2D eigenvalue weighted by Crippen LogP contribution is 2.30. The van der Waals surface area contributed by atoms with Crippen LogP contribution < -0.4 is 10.6 Å². The zero-order valence-corrected chi connectivity index (χ0v) is 21.5. The van der Waals surface area contributed by atoms with Gasteiger partial charge >= 0.3 is 6.18 Å². The van der Waals surface area contributed by atoms with E-state index in [0.717, 1.165) is 49.2 Å². The molecular weight excluding hydrogens is 507 g/mol. The van der Waals surface area contributed by atoms with Gasteiger partial charge in [0.05, 0.1) is 5.56 Å². The summed E-state index contributed by atoms with van der Waals surface area (Å²) in [7, 11) is 2.12. The summed E-state index contributed by atoms with van der Waals surface area (Å²) in [5.74, 6) is 0.0824. The summed E-state index contributed by atoms with van der Waals surface area (Å²) in [5.41, 5.74) is 2.62. The Labute approximate surface area is 223 Å². The van der Waals surface area contributed by atoms with Crippen LogP contribution in [-0.2, 0) is 6.18 Å². The second kappa shape index (κ2) is 10.9. The van der Waals surface area contributed by atoms with Crippen LogP contribution in [0.1, 0.15) is 39.9 Å². The average molecular weight is 536 g/mol. The summed E-state index contributed by atoms with van der Waals surface area (Å²) in [6.07, 6.45) is 4.41. The summed E-state index contributed by atoms with van der Waals surface area (Å²) in [6, 6.07) is 9.97. The highest BCUT2D eigenvalue weighted by Gasteiger charge is 2.31. The number of benzene rings is 2. The molecule has 1 aliphatic heterocycles. The first-order valence-electron chi connectivity index (χ1n) is 12.6. The third-order valence-electron chi connectivity index (χ3n) is 6.82. The number of halogens is 3. The maximum atomic E-state index is 13.0. The van der Waals surface area contributed by atoms with E-state index < -0.39 is 17.6 Å². The number of piperidine rings is 1. The molecule has 0 unspecified atom stereocenters. The lowest BCUT2D eigenvalue weighted by atomic mass is 10.1. The number of likely N-dealkylation sites (tertiary alicyclic amines) is 1. The molecule has 0 spiro atoms. The topological polar surface area (TPSA) is 88.0 Å². The van der Waals surface area contributed by atoms with Gasteiger partial charge < -0.3 is 15.5 Å². The quantitative estimate of drug-likeness (QED) is 0.337. The molecule has 0 radical (unpaired) electrons. The van der Waals surface area contributed by atoms with Crippen LogP contribution in [0.3, 0.4) is 0 Å². The minimum Gasteiger partial charge on any atom is -0.365 e. The van der Waals surface area contributed by atoms with Gasteiger partial charge in [-0.1, -0.05) is 12.1 Å². The Hall–Kier alpha value is -4.25. The molecule has 1 fully saturated rings. The first-order valence-corrected chi connectivity index (χ1v) is 12.6. The third-order valence-corrected chi connectivity index (χ3v) is 6.82. The van der Waals surface area contributed by atoms with Crippen LogP contribution in [-0.4, -0.2) is 56.5 Å². The Bertz CT molecular complexity index is 1520. The van der Waals surface area contributed by atoms with Crippen molar-refractivity contribution in [2.24, 2.45) is 0 Å². The minimum atomic E-state index is -4.52. The number of fused-ring (bicyclic) bond motifs is 1. The highest BCUT2D eigenvalue weighted by atomic mass is 19.4. The van der Waals surface area contributed by atoms with Crippen LogP contribution >= 0.6 is 0 Å². The van der Waals surface area contributed by atoms with Crippen LogP contribution in [0.4, 0.5) is 24.7 Å². The fraction of sp³-hybridized carbons (Fsp3) is 0.286. The SMILES string of the molecule is Cc1ccc(NC(=O)c2cccc(C(F)(F)F)c2)cc1C=Cn1cnc2c(NC3CCN(C)CC3)ncnc21. The number of nitrogens with zero attached hydrogens (tertiary/aromatic N) is 5. The van der Waals surface area contributed by atoms with E-state index in [1.807, 2.05) is 25.3 Å². The molecule has 2 aromatic heterocycles. The van der Waals surface area contributed by atoms with Crippen molar-refractivity contribution in [3.8, 4) is 0 Å². The number of alkyl halides is 3. The molecule has 11 heteroatoms. The van der Waals surface area contributed by atoms with Crippen LogP contribution in [0, 0.1) is 6.92 Å². The minimum absolute atomic E-state index is 0.0725. The monoisotopic (exact) mass is 535 g/mol. The molecule has 1 saturated heterocycles. The molecule has 1 amide bonds. The first kappa shape index (κ1) is 26.4. The van der Waals surface area contributed by atoms with Gasteiger partial charge in [0.15, 0.2) is 17.0 Å². The van der Waals surface area contributed by atoms with Crippen molar-refractivity contribution in [3.05, 3.63) is 77.4 Å². The van der Waals surface area contributed by atoms with Crippen molar-refractivity contribution < 1.29 is 18.0 Å². The Morgan fingerprint density at radius 1 is 1.08 bits per heavy atom. The van der Waals surface area contributed by atoms with Gasteiger partial charge in [0.2, 0.25) is 0 Å². The van der Waals surface area contributed by atoms with E-state index in [9.17, 15) is 18.0 Å². The van der Waals surface area contributed by atoms with E-state index in [1.165, 1.54) is 18.5 Å². The summed E-state index contributed by atoms with van der Waals surface area (Å²) in [6.45, 7) is 3.99. The van der Waals surface area contributed by atoms with Gasteiger partial charge in [0.25, 0.3) is 5.91 Å². The third kappa shape index (κ3) is 6.09. The standard InChI is InChI=1S/C28H28F3N7O/c1-18-6-7-23(36-27(39)20-4-3-5-21(14-20)28(29,30)31)15-19(18)8-13-38-17-34-24-25(32-16-33-26(24)38)35-22-9-11-37(2)12-10-22/h3-8,13-17,22H,9-12H2,1-2H3,(H,36,39)(H,32,33,35). The Morgan fingerprint density at radius 3 is 2.64 bits per heavy atom. The molecule has 0 bridgehead atoms. The molecule has 202 valence electrons. The summed E-state index contributed by atoms with van der Waals surface area (Å²) in [5, 5.41) is 6.20. The molecule has 39 heavy (non-hydrogen) atoms. The highest BCUT2D eigenvalue weighted by molar-refractivity contribution is 6.04. The van der Waals surface area contributed by atoms with Gasteiger partial charge in [-0.2, -0.15) is 13.2 Å². The number of hydrogen-bond donors (Lipinski definition) is 2. The van der Waals surface area contributed by atoms with Gasteiger partial charge in [-0.3, -0.25) is 9.36 Å². The van der Waals surface area contributed by atoms with E-state index >= 15 is 0 Å².